The molecule has 2 aliphatic rings. The molecule has 0 saturated heterocycles. The monoisotopic (exact) mass is 491 g/mol. The quantitative estimate of drug-likeness (QED) is 0.506. The fourth-order valence-corrected chi connectivity index (χ4v) is 4.94. The Bertz CT molecular complexity index is 1400. The third-order valence-corrected chi connectivity index (χ3v) is 6.95. The molecule has 0 aliphatic carbocycles. The van der Waals surface area contributed by atoms with Crippen molar-refractivity contribution in [1.29, 1.82) is 0 Å². The van der Waals surface area contributed by atoms with Crippen LogP contribution >= 0.6 is 0 Å². The van der Waals surface area contributed by atoms with Crippen molar-refractivity contribution in [3.05, 3.63) is 63.2 Å². The van der Waals surface area contributed by atoms with E-state index in [0.717, 1.165) is 42.6 Å². The number of benzene rings is 2. The number of ether oxygens (including phenoxy) is 3. The van der Waals surface area contributed by atoms with Crippen LogP contribution in [0, 0.1) is 0 Å². The van der Waals surface area contributed by atoms with E-state index in [2.05, 4.69) is 4.98 Å². The number of carbonyl (C=O) groups is 2. The van der Waals surface area contributed by atoms with Gasteiger partial charge in [0, 0.05) is 26.1 Å². The molecule has 36 heavy (non-hydrogen) atoms. The largest absolute Gasteiger partial charge is 0.493 e. The number of methoxy groups -OCH3 is 2. The molecular formula is C27H29N3O6. The topological polar surface area (TPSA) is 100.0 Å². The van der Waals surface area contributed by atoms with E-state index in [1.165, 1.54) is 0 Å². The van der Waals surface area contributed by atoms with Gasteiger partial charge in [0.2, 0.25) is 0 Å². The zero-order valence-corrected chi connectivity index (χ0v) is 20.5. The first-order valence-corrected chi connectivity index (χ1v) is 12.2. The minimum absolute atomic E-state index is 0.0772. The van der Waals surface area contributed by atoms with Crippen molar-refractivity contribution in [2.75, 3.05) is 27.4 Å². The minimum Gasteiger partial charge on any atom is -0.493 e. The average Bonchev–Trinajstić information content (AvgIpc) is 3.15. The molecule has 9 heteroatoms. The van der Waals surface area contributed by atoms with Crippen LogP contribution in [0.1, 0.15) is 46.6 Å². The van der Waals surface area contributed by atoms with Gasteiger partial charge in [-0.3, -0.25) is 14.2 Å². The zero-order chi connectivity index (χ0) is 25.2. The fourth-order valence-electron chi connectivity index (χ4n) is 4.94. The number of hydrogen-bond acceptors (Lipinski definition) is 7. The third-order valence-electron chi connectivity index (χ3n) is 6.95. The summed E-state index contributed by atoms with van der Waals surface area (Å²) >= 11 is 0. The van der Waals surface area contributed by atoms with Crippen molar-refractivity contribution in [3.8, 4) is 11.5 Å². The number of aromatic nitrogens is 2. The lowest BCUT2D eigenvalue weighted by Gasteiger charge is -2.29. The van der Waals surface area contributed by atoms with Gasteiger partial charge in [-0.2, -0.15) is 0 Å². The van der Waals surface area contributed by atoms with Crippen LogP contribution in [0.15, 0.2) is 35.1 Å². The van der Waals surface area contributed by atoms with Crippen molar-refractivity contribution < 1.29 is 23.8 Å². The highest BCUT2D eigenvalue weighted by Gasteiger charge is 2.24. The van der Waals surface area contributed by atoms with E-state index >= 15 is 0 Å². The van der Waals surface area contributed by atoms with Crippen LogP contribution in [0.3, 0.4) is 0 Å². The third kappa shape index (κ3) is 4.53. The van der Waals surface area contributed by atoms with Crippen molar-refractivity contribution in [1.82, 2.24) is 14.5 Å². The van der Waals surface area contributed by atoms with Crippen molar-refractivity contribution in [3.63, 3.8) is 0 Å². The van der Waals surface area contributed by atoms with Gasteiger partial charge in [0.25, 0.3) is 11.5 Å². The number of carbonyl (C=O) groups excluding carboxylic acids is 2. The molecule has 3 heterocycles. The number of nitrogens with zero attached hydrogens (tertiary/aromatic N) is 3. The van der Waals surface area contributed by atoms with Gasteiger partial charge in [0.05, 0.1) is 30.7 Å². The Balaban J connectivity index is 1.27. The first-order chi connectivity index (χ1) is 17.5. The Hall–Kier alpha value is -3.88. The van der Waals surface area contributed by atoms with Crippen LogP contribution < -0.4 is 15.0 Å². The highest BCUT2D eigenvalue weighted by molar-refractivity contribution is 5.95. The van der Waals surface area contributed by atoms with Crippen molar-refractivity contribution in [2.45, 2.75) is 45.2 Å². The first-order valence-electron chi connectivity index (χ1n) is 12.2. The molecule has 1 amide bonds. The molecule has 3 aromatic rings. The summed E-state index contributed by atoms with van der Waals surface area (Å²) in [5.74, 6) is 1.13. The van der Waals surface area contributed by atoms with Crippen molar-refractivity contribution in [2.24, 2.45) is 0 Å². The van der Waals surface area contributed by atoms with Crippen molar-refractivity contribution >= 4 is 22.8 Å². The van der Waals surface area contributed by atoms with Gasteiger partial charge >= 0.3 is 5.97 Å². The molecule has 5 rings (SSSR count). The van der Waals surface area contributed by atoms with Crippen LogP contribution in [-0.4, -0.2) is 53.7 Å². The van der Waals surface area contributed by atoms with Gasteiger partial charge < -0.3 is 19.1 Å². The average molecular weight is 492 g/mol. The Kier molecular flexibility index (Phi) is 6.63. The van der Waals surface area contributed by atoms with Gasteiger partial charge in [-0.1, -0.05) is 6.42 Å². The summed E-state index contributed by atoms with van der Waals surface area (Å²) in [7, 11) is 3.17. The maximum Gasteiger partial charge on any atom is 0.338 e. The predicted molar refractivity (Wildman–Crippen MR) is 133 cm³/mol. The van der Waals surface area contributed by atoms with E-state index in [1.54, 1.807) is 41.9 Å². The summed E-state index contributed by atoms with van der Waals surface area (Å²) in [4.78, 5) is 44.8. The van der Waals surface area contributed by atoms with Crippen LogP contribution in [0.25, 0.3) is 10.9 Å². The van der Waals surface area contributed by atoms with Gasteiger partial charge in [-0.05, 0) is 60.7 Å². The number of rotatable bonds is 5. The van der Waals surface area contributed by atoms with E-state index in [-0.39, 0.29) is 23.6 Å². The molecule has 2 aliphatic heterocycles. The summed E-state index contributed by atoms with van der Waals surface area (Å²) < 4.78 is 17.8. The summed E-state index contributed by atoms with van der Waals surface area (Å²) in [6.45, 7) is 1.24. The standard InChI is InChI=1S/C27H29N3O6/c1-34-22-13-17-9-11-29(15-19(17)14-23(22)35-2)25(31)16-36-27(33)18-7-8-20-21(12-18)28-24-6-4-3-5-10-30(24)26(20)32/h7-8,12-14H,3-6,9-11,15-16H2,1-2H3. The van der Waals surface area contributed by atoms with E-state index < -0.39 is 5.97 Å². The second-order valence-corrected chi connectivity index (χ2v) is 9.14. The van der Waals surface area contributed by atoms with Crippen LogP contribution in [0.2, 0.25) is 0 Å². The first kappa shape index (κ1) is 23.8. The lowest BCUT2D eigenvalue weighted by atomic mass is 9.99. The number of esters is 1. The number of aryl methyl sites for hydroxylation is 1. The van der Waals surface area contributed by atoms with E-state index in [4.69, 9.17) is 14.2 Å². The Labute approximate surface area is 208 Å². The van der Waals surface area contributed by atoms with Crippen LogP contribution in [-0.2, 0) is 35.5 Å². The Morgan fingerprint density at radius 3 is 2.50 bits per heavy atom. The van der Waals surface area contributed by atoms with Crippen LogP contribution in [0.5, 0.6) is 11.5 Å². The smallest absolute Gasteiger partial charge is 0.338 e. The molecule has 0 bridgehead atoms. The molecular weight excluding hydrogens is 462 g/mol. The molecule has 2 aromatic carbocycles. The second-order valence-electron chi connectivity index (χ2n) is 9.14. The molecule has 9 nitrogen and oxygen atoms in total. The maximum atomic E-state index is 12.9. The predicted octanol–water partition coefficient (Wildman–Crippen LogP) is 2.88. The molecule has 0 spiro atoms. The number of hydrogen-bond donors (Lipinski definition) is 0. The zero-order valence-electron chi connectivity index (χ0n) is 20.5. The molecule has 188 valence electrons. The summed E-state index contributed by atoms with van der Waals surface area (Å²) in [5.41, 5.74) is 2.75. The van der Waals surface area contributed by atoms with Gasteiger partial charge in [0.1, 0.15) is 5.82 Å². The molecule has 0 radical (unpaired) electrons. The molecule has 0 saturated carbocycles. The molecule has 1 aromatic heterocycles. The summed E-state index contributed by atoms with van der Waals surface area (Å²) in [5, 5.41) is 0.479. The van der Waals surface area contributed by atoms with E-state index in [9.17, 15) is 14.4 Å². The Morgan fingerprint density at radius 1 is 0.944 bits per heavy atom. The van der Waals surface area contributed by atoms with E-state index in [1.807, 2.05) is 12.1 Å². The van der Waals surface area contributed by atoms with Gasteiger partial charge in [0.15, 0.2) is 18.1 Å². The SMILES string of the molecule is COc1cc2c(cc1OC)CN(C(=O)COC(=O)c1ccc3c(=O)n4c(nc3c1)CCCCC4)CC2. The Morgan fingerprint density at radius 2 is 1.72 bits per heavy atom. The fraction of sp³-hybridized carbons (Fsp3) is 0.407. The number of fused-ring (bicyclic) bond motifs is 3. The van der Waals surface area contributed by atoms with Gasteiger partial charge in [-0.25, -0.2) is 9.78 Å². The lowest BCUT2D eigenvalue weighted by Crippen LogP contribution is -2.38. The molecule has 0 atom stereocenters. The minimum atomic E-state index is -0.620. The molecule has 0 unspecified atom stereocenters. The molecule has 0 fully saturated rings. The van der Waals surface area contributed by atoms with E-state index in [0.29, 0.717) is 48.5 Å². The second kappa shape index (κ2) is 10.0. The summed E-state index contributed by atoms with van der Waals surface area (Å²) in [6.07, 6.45) is 4.43. The summed E-state index contributed by atoms with van der Waals surface area (Å²) in [6, 6.07) is 8.56. The maximum absolute atomic E-state index is 12.9. The van der Waals surface area contributed by atoms with Gasteiger partial charge in [-0.15, -0.1) is 0 Å². The normalized spacial score (nSPS) is 15.0. The lowest BCUT2D eigenvalue weighted by molar-refractivity contribution is -0.135. The highest BCUT2D eigenvalue weighted by Crippen LogP contribution is 2.33. The number of amides is 1. The van der Waals surface area contributed by atoms with Crippen LogP contribution in [0.4, 0.5) is 0 Å². The highest BCUT2D eigenvalue weighted by atomic mass is 16.5. The molecule has 0 N–H and O–H groups in total.